The number of imidazole rings is 1. The average Bonchev–Trinajstić information content (AvgIpc) is 3.00. The Labute approximate surface area is 104 Å². The topological polar surface area (TPSA) is 40.7 Å². The van der Waals surface area contributed by atoms with Gasteiger partial charge in [0.25, 0.3) is 0 Å². The molecule has 0 fully saturated rings. The van der Waals surface area contributed by atoms with Crippen LogP contribution in [0.25, 0.3) is 10.1 Å². The molecule has 17 heavy (non-hydrogen) atoms. The Bertz CT molecular complexity index is 612. The van der Waals surface area contributed by atoms with Crippen molar-refractivity contribution in [3.8, 4) is 0 Å². The predicted molar refractivity (Wildman–Crippen MR) is 71.3 cm³/mol. The molecule has 4 heteroatoms. The number of thiophene rings is 1. The third kappa shape index (κ3) is 1.75. The number of rotatable bonds is 3. The quantitative estimate of drug-likeness (QED) is 0.742. The van der Waals surface area contributed by atoms with Crippen LogP contribution in [0.2, 0.25) is 0 Å². The van der Waals surface area contributed by atoms with Gasteiger partial charge in [-0.3, -0.25) is 0 Å². The normalized spacial score (nSPS) is 13.0. The summed E-state index contributed by atoms with van der Waals surface area (Å²) in [5.74, 6) is 0.952. The maximum absolute atomic E-state index is 4.34. The van der Waals surface area contributed by atoms with Crippen LogP contribution in [0.4, 0.5) is 0 Å². The molecule has 0 radical (unpaired) electrons. The first kappa shape index (κ1) is 10.5. The van der Waals surface area contributed by atoms with Crippen LogP contribution in [0.3, 0.4) is 0 Å². The van der Waals surface area contributed by atoms with Crippen molar-refractivity contribution in [1.29, 1.82) is 0 Å². The number of nitrogens with zero attached hydrogens (tertiary/aromatic N) is 1. The molecule has 1 atom stereocenters. The van der Waals surface area contributed by atoms with E-state index in [9.17, 15) is 0 Å². The number of fused-ring (bicyclic) bond motifs is 1. The molecule has 3 nitrogen and oxygen atoms in total. The fourth-order valence-corrected chi connectivity index (χ4v) is 3.06. The van der Waals surface area contributed by atoms with Crippen molar-refractivity contribution < 1.29 is 0 Å². The van der Waals surface area contributed by atoms with Gasteiger partial charge in [0.1, 0.15) is 5.82 Å². The van der Waals surface area contributed by atoms with E-state index in [-0.39, 0.29) is 6.04 Å². The molecule has 0 aliphatic carbocycles. The maximum atomic E-state index is 4.34. The summed E-state index contributed by atoms with van der Waals surface area (Å²) in [5, 5.41) is 6.73. The summed E-state index contributed by atoms with van der Waals surface area (Å²) in [7, 11) is 1.96. The van der Waals surface area contributed by atoms with Crippen LogP contribution in [0.5, 0.6) is 0 Å². The van der Waals surface area contributed by atoms with Gasteiger partial charge in [-0.1, -0.05) is 18.2 Å². The smallest absolute Gasteiger partial charge is 0.127 e. The highest BCUT2D eigenvalue weighted by molar-refractivity contribution is 7.17. The van der Waals surface area contributed by atoms with Gasteiger partial charge in [0, 0.05) is 17.1 Å². The van der Waals surface area contributed by atoms with E-state index in [0.717, 1.165) is 5.82 Å². The van der Waals surface area contributed by atoms with E-state index < -0.39 is 0 Å². The first-order valence-electron chi connectivity index (χ1n) is 5.53. The van der Waals surface area contributed by atoms with Gasteiger partial charge in [0.2, 0.25) is 0 Å². The number of nitrogens with one attached hydrogen (secondary N) is 2. The molecule has 0 saturated heterocycles. The van der Waals surface area contributed by atoms with Gasteiger partial charge in [-0.05, 0) is 29.4 Å². The van der Waals surface area contributed by atoms with Crippen molar-refractivity contribution in [3.63, 3.8) is 0 Å². The van der Waals surface area contributed by atoms with E-state index in [2.05, 4.69) is 44.9 Å². The lowest BCUT2D eigenvalue weighted by Crippen LogP contribution is -2.19. The van der Waals surface area contributed by atoms with E-state index in [1.807, 2.05) is 13.2 Å². The molecule has 1 unspecified atom stereocenters. The highest BCUT2D eigenvalue weighted by Crippen LogP contribution is 2.30. The zero-order valence-electron chi connectivity index (χ0n) is 9.47. The SMILES string of the molecule is CNC(c1ncc[nH]1)c1cccc2ccsc12. The van der Waals surface area contributed by atoms with E-state index in [1.165, 1.54) is 15.6 Å². The lowest BCUT2D eigenvalue weighted by Gasteiger charge is -2.15. The Morgan fingerprint density at radius 1 is 1.35 bits per heavy atom. The lowest BCUT2D eigenvalue weighted by molar-refractivity contribution is 0.660. The van der Waals surface area contributed by atoms with E-state index >= 15 is 0 Å². The van der Waals surface area contributed by atoms with E-state index in [0.29, 0.717) is 0 Å². The highest BCUT2D eigenvalue weighted by atomic mass is 32.1. The molecule has 86 valence electrons. The summed E-state index contributed by atoms with van der Waals surface area (Å²) in [5.41, 5.74) is 1.27. The molecular formula is C13H13N3S. The fraction of sp³-hybridized carbons (Fsp3) is 0.154. The minimum atomic E-state index is 0.118. The first-order valence-corrected chi connectivity index (χ1v) is 6.41. The Morgan fingerprint density at radius 2 is 2.29 bits per heavy atom. The van der Waals surface area contributed by atoms with E-state index in [4.69, 9.17) is 0 Å². The summed E-state index contributed by atoms with van der Waals surface area (Å²) < 4.78 is 1.32. The van der Waals surface area contributed by atoms with Crippen LogP contribution in [0.1, 0.15) is 17.4 Å². The molecule has 2 heterocycles. The molecule has 2 aromatic heterocycles. The number of H-pyrrole nitrogens is 1. The molecular weight excluding hydrogens is 230 g/mol. The Kier molecular flexibility index (Phi) is 2.66. The van der Waals surface area contributed by atoms with Crippen molar-refractivity contribution >= 4 is 21.4 Å². The van der Waals surface area contributed by atoms with Crippen molar-refractivity contribution in [2.45, 2.75) is 6.04 Å². The van der Waals surface area contributed by atoms with Crippen LogP contribution >= 0.6 is 11.3 Å². The van der Waals surface area contributed by atoms with Crippen molar-refractivity contribution in [2.24, 2.45) is 0 Å². The van der Waals surface area contributed by atoms with Gasteiger partial charge in [-0.25, -0.2) is 4.98 Å². The van der Waals surface area contributed by atoms with Crippen LogP contribution in [0, 0.1) is 0 Å². The molecule has 2 N–H and O–H groups in total. The van der Waals surface area contributed by atoms with Crippen LogP contribution < -0.4 is 5.32 Å². The van der Waals surface area contributed by atoms with Crippen LogP contribution in [-0.4, -0.2) is 17.0 Å². The summed E-state index contributed by atoms with van der Waals surface area (Å²) >= 11 is 1.77. The molecule has 3 rings (SSSR count). The van der Waals surface area contributed by atoms with Crippen LogP contribution in [-0.2, 0) is 0 Å². The second-order valence-corrected chi connectivity index (χ2v) is 4.80. The van der Waals surface area contributed by atoms with Crippen LogP contribution in [0.15, 0.2) is 42.0 Å². The van der Waals surface area contributed by atoms with Crippen molar-refractivity contribution in [1.82, 2.24) is 15.3 Å². The second-order valence-electron chi connectivity index (χ2n) is 3.88. The van der Waals surface area contributed by atoms with Gasteiger partial charge >= 0.3 is 0 Å². The van der Waals surface area contributed by atoms with E-state index in [1.54, 1.807) is 17.5 Å². The number of aromatic nitrogens is 2. The Hall–Kier alpha value is -1.65. The number of aromatic amines is 1. The molecule has 3 aromatic rings. The number of hydrogen-bond donors (Lipinski definition) is 2. The first-order chi connectivity index (χ1) is 8.40. The fourth-order valence-electron chi connectivity index (χ4n) is 2.12. The minimum absolute atomic E-state index is 0.118. The lowest BCUT2D eigenvalue weighted by atomic mass is 10.0. The van der Waals surface area contributed by atoms with Gasteiger partial charge < -0.3 is 10.3 Å². The Morgan fingerprint density at radius 3 is 3.06 bits per heavy atom. The monoisotopic (exact) mass is 243 g/mol. The van der Waals surface area contributed by atoms with Crippen molar-refractivity contribution in [3.05, 3.63) is 53.4 Å². The standard InChI is InChI=1S/C13H13N3S/c1-14-11(13-15-6-7-16-13)10-4-2-3-9-5-8-17-12(9)10/h2-8,11,14H,1H3,(H,15,16). The second kappa shape index (κ2) is 4.31. The highest BCUT2D eigenvalue weighted by Gasteiger charge is 2.17. The summed E-state index contributed by atoms with van der Waals surface area (Å²) in [6.07, 6.45) is 3.64. The average molecular weight is 243 g/mol. The van der Waals surface area contributed by atoms with Gasteiger partial charge in [0.15, 0.2) is 0 Å². The third-order valence-corrected chi connectivity index (χ3v) is 3.88. The molecule has 0 bridgehead atoms. The summed E-state index contributed by atoms with van der Waals surface area (Å²) in [4.78, 5) is 7.52. The van der Waals surface area contributed by atoms with Gasteiger partial charge in [0.05, 0.1) is 6.04 Å². The van der Waals surface area contributed by atoms with Gasteiger partial charge in [-0.15, -0.1) is 11.3 Å². The molecule has 0 spiro atoms. The molecule has 0 saturated carbocycles. The molecule has 0 aliphatic rings. The third-order valence-electron chi connectivity index (χ3n) is 2.90. The Balaban J connectivity index is 2.16. The predicted octanol–water partition coefficient (Wildman–Crippen LogP) is 2.93. The number of hydrogen-bond acceptors (Lipinski definition) is 3. The largest absolute Gasteiger partial charge is 0.347 e. The zero-order chi connectivity index (χ0) is 11.7. The molecule has 0 aliphatic heterocycles. The minimum Gasteiger partial charge on any atom is -0.347 e. The zero-order valence-corrected chi connectivity index (χ0v) is 10.3. The molecule has 0 amide bonds. The summed E-state index contributed by atoms with van der Waals surface area (Å²) in [6, 6.07) is 8.66. The van der Waals surface area contributed by atoms with Gasteiger partial charge in [-0.2, -0.15) is 0 Å². The maximum Gasteiger partial charge on any atom is 0.127 e. The van der Waals surface area contributed by atoms with Crippen molar-refractivity contribution in [2.75, 3.05) is 7.05 Å². The summed E-state index contributed by atoms with van der Waals surface area (Å²) in [6.45, 7) is 0. The molecule has 1 aromatic carbocycles. The number of benzene rings is 1.